The monoisotopic (exact) mass is 280 g/mol. The van der Waals surface area contributed by atoms with Crippen molar-refractivity contribution in [3.8, 4) is 5.75 Å². The molecule has 1 aromatic rings. The zero-order valence-electron chi connectivity index (χ0n) is 11.3. The molecule has 2 amide bonds. The Kier molecular flexibility index (Phi) is 4.55. The number of nitrogens with zero attached hydrogens (tertiary/aromatic N) is 1. The van der Waals surface area contributed by atoms with Gasteiger partial charge >= 0.3 is 0 Å². The minimum atomic E-state index is -0.508. The van der Waals surface area contributed by atoms with Gasteiger partial charge in [-0.05, 0) is 24.6 Å². The molecule has 1 fully saturated rings. The molecule has 0 spiro atoms. The normalized spacial score (nSPS) is 14.5. The Bertz CT molecular complexity index is 519. The quantitative estimate of drug-likeness (QED) is 0.881. The maximum atomic E-state index is 13.2. The third-order valence-corrected chi connectivity index (χ3v) is 3.25. The van der Waals surface area contributed by atoms with E-state index in [0.29, 0.717) is 25.1 Å². The Morgan fingerprint density at radius 1 is 1.50 bits per heavy atom. The fourth-order valence-electron chi connectivity index (χ4n) is 2.15. The van der Waals surface area contributed by atoms with Gasteiger partial charge < -0.3 is 15.0 Å². The molecule has 6 heteroatoms. The van der Waals surface area contributed by atoms with Crippen molar-refractivity contribution in [2.45, 2.75) is 12.8 Å². The lowest BCUT2D eigenvalue weighted by atomic mass is 10.2. The van der Waals surface area contributed by atoms with E-state index in [1.165, 1.54) is 25.3 Å². The van der Waals surface area contributed by atoms with Crippen LogP contribution in [0, 0.1) is 5.82 Å². The molecule has 2 rings (SSSR count). The molecule has 1 aromatic carbocycles. The minimum Gasteiger partial charge on any atom is -0.494 e. The number of methoxy groups -OCH3 is 1. The maximum Gasteiger partial charge on any atom is 0.251 e. The average Bonchev–Trinajstić information content (AvgIpc) is 2.85. The van der Waals surface area contributed by atoms with Gasteiger partial charge in [-0.25, -0.2) is 4.39 Å². The summed E-state index contributed by atoms with van der Waals surface area (Å²) in [6.07, 6.45) is 1.46. The Labute approximate surface area is 116 Å². The molecule has 0 saturated carbocycles. The standard InChI is InChI=1S/C14H17FN2O3/c1-20-12-9-10(4-5-11(12)15)14(19)16-6-8-17-7-2-3-13(17)18/h4-5,9H,2-3,6-8H2,1H3,(H,16,19). The second-order valence-electron chi connectivity index (χ2n) is 4.59. The number of carbonyl (C=O) groups is 2. The predicted molar refractivity (Wildman–Crippen MR) is 71.1 cm³/mol. The number of nitrogens with one attached hydrogen (secondary N) is 1. The summed E-state index contributed by atoms with van der Waals surface area (Å²) in [7, 11) is 1.35. The van der Waals surface area contributed by atoms with Crippen LogP contribution >= 0.6 is 0 Å². The van der Waals surface area contributed by atoms with Crippen LogP contribution in [0.4, 0.5) is 4.39 Å². The smallest absolute Gasteiger partial charge is 0.251 e. The van der Waals surface area contributed by atoms with Crippen LogP contribution in [0.25, 0.3) is 0 Å². The first-order valence-electron chi connectivity index (χ1n) is 6.51. The summed E-state index contributed by atoms with van der Waals surface area (Å²) in [5.41, 5.74) is 0.330. The van der Waals surface area contributed by atoms with Crippen molar-refractivity contribution in [3.63, 3.8) is 0 Å². The van der Waals surface area contributed by atoms with Gasteiger partial charge in [0.05, 0.1) is 7.11 Å². The molecule has 1 aliphatic heterocycles. The Hall–Kier alpha value is -2.11. The molecular formula is C14H17FN2O3. The van der Waals surface area contributed by atoms with Crippen LogP contribution in [-0.2, 0) is 4.79 Å². The van der Waals surface area contributed by atoms with Crippen molar-refractivity contribution < 1.29 is 18.7 Å². The van der Waals surface area contributed by atoms with Crippen LogP contribution in [0.3, 0.4) is 0 Å². The summed E-state index contributed by atoms with van der Waals surface area (Å²) in [6.45, 7) is 1.63. The van der Waals surface area contributed by atoms with E-state index < -0.39 is 5.82 Å². The van der Waals surface area contributed by atoms with Gasteiger partial charge in [0.2, 0.25) is 5.91 Å². The number of likely N-dealkylation sites (tertiary alicyclic amines) is 1. The van der Waals surface area contributed by atoms with Crippen LogP contribution in [0.5, 0.6) is 5.75 Å². The first-order chi connectivity index (χ1) is 9.61. The Balaban J connectivity index is 1.87. The van der Waals surface area contributed by atoms with E-state index in [2.05, 4.69) is 5.32 Å². The average molecular weight is 280 g/mol. The summed E-state index contributed by atoms with van der Waals surface area (Å²) in [6, 6.07) is 3.94. The van der Waals surface area contributed by atoms with Gasteiger partial charge in [0.15, 0.2) is 11.6 Å². The van der Waals surface area contributed by atoms with E-state index in [0.717, 1.165) is 13.0 Å². The lowest BCUT2D eigenvalue weighted by Gasteiger charge is -2.15. The van der Waals surface area contributed by atoms with E-state index in [-0.39, 0.29) is 17.6 Å². The van der Waals surface area contributed by atoms with Gasteiger partial charge in [-0.15, -0.1) is 0 Å². The van der Waals surface area contributed by atoms with E-state index in [4.69, 9.17) is 4.74 Å². The molecule has 5 nitrogen and oxygen atoms in total. The highest BCUT2D eigenvalue weighted by Gasteiger charge is 2.19. The molecule has 1 N–H and O–H groups in total. The van der Waals surface area contributed by atoms with Crippen molar-refractivity contribution in [2.24, 2.45) is 0 Å². The number of hydrogen-bond donors (Lipinski definition) is 1. The summed E-state index contributed by atoms with van der Waals surface area (Å²) < 4.78 is 18.1. The molecule has 0 unspecified atom stereocenters. The molecule has 0 aliphatic carbocycles. The Morgan fingerprint density at radius 2 is 2.30 bits per heavy atom. The van der Waals surface area contributed by atoms with Gasteiger partial charge in [0.25, 0.3) is 5.91 Å². The number of rotatable bonds is 5. The highest BCUT2D eigenvalue weighted by Crippen LogP contribution is 2.18. The largest absolute Gasteiger partial charge is 0.494 e. The molecule has 0 bridgehead atoms. The summed E-state index contributed by atoms with van der Waals surface area (Å²) in [5, 5.41) is 2.71. The second kappa shape index (κ2) is 6.36. The highest BCUT2D eigenvalue weighted by molar-refractivity contribution is 5.94. The second-order valence-corrected chi connectivity index (χ2v) is 4.59. The predicted octanol–water partition coefficient (Wildman–Crippen LogP) is 1.19. The van der Waals surface area contributed by atoms with Crippen molar-refractivity contribution in [1.82, 2.24) is 10.2 Å². The number of carbonyl (C=O) groups excluding carboxylic acids is 2. The molecule has 1 heterocycles. The van der Waals surface area contributed by atoms with Gasteiger partial charge in [-0.2, -0.15) is 0 Å². The summed E-state index contributed by atoms with van der Waals surface area (Å²) in [4.78, 5) is 25.0. The topological polar surface area (TPSA) is 58.6 Å². The fourth-order valence-corrected chi connectivity index (χ4v) is 2.15. The number of halogens is 1. The summed E-state index contributed by atoms with van der Waals surface area (Å²) in [5.74, 6) is -0.656. The van der Waals surface area contributed by atoms with Crippen LogP contribution in [0.15, 0.2) is 18.2 Å². The highest BCUT2D eigenvalue weighted by atomic mass is 19.1. The third kappa shape index (κ3) is 3.26. The molecular weight excluding hydrogens is 263 g/mol. The molecule has 0 aromatic heterocycles. The van der Waals surface area contributed by atoms with E-state index in [1.807, 2.05) is 0 Å². The lowest BCUT2D eigenvalue weighted by Crippen LogP contribution is -2.35. The first-order valence-corrected chi connectivity index (χ1v) is 6.51. The van der Waals surface area contributed by atoms with E-state index in [1.54, 1.807) is 4.90 Å². The number of benzene rings is 1. The fraction of sp³-hybridized carbons (Fsp3) is 0.429. The molecule has 20 heavy (non-hydrogen) atoms. The van der Waals surface area contributed by atoms with Gasteiger partial charge in [0, 0.05) is 31.6 Å². The molecule has 1 aliphatic rings. The van der Waals surface area contributed by atoms with Crippen molar-refractivity contribution >= 4 is 11.8 Å². The van der Waals surface area contributed by atoms with E-state index >= 15 is 0 Å². The molecule has 108 valence electrons. The minimum absolute atomic E-state index is 0.0346. The third-order valence-electron chi connectivity index (χ3n) is 3.25. The molecule has 0 radical (unpaired) electrons. The van der Waals surface area contributed by atoms with Crippen molar-refractivity contribution in [2.75, 3.05) is 26.7 Å². The van der Waals surface area contributed by atoms with Crippen LogP contribution < -0.4 is 10.1 Å². The van der Waals surface area contributed by atoms with Gasteiger partial charge in [-0.1, -0.05) is 0 Å². The SMILES string of the molecule is COc1cc(C(=O)NCCN2CCCC2=O)ccc1F. The van der Waals surface area contributed by atoms with Crippen LogP contribution in [0.1, 0.15) is 23.2 Å². The van der Waals surface area contributed by atoms with E-state index in [9.17, 15) is 14.0 Å². The van der Waals surface area contributed by atoms with Gasteiger partial charge in [-0.3, -0.25) is 9.59 Å². The van der Waals surface area contributed by atoms with Crippen molar-refractivity contribution in [1.29, 1.82) is 0 Å². The molecule has 0 atom stereocenters. The zero-order chi connectivity index (χ0) is 14.5. The number of amides is 2. The zero-order valence-corrected chi connectivity index (χ0v) is 11.3. The first kappa shape index (κ1) is 14.3. The van der Waals surface area contributed by atoms with Crippen LogP contribution in [0.2, 0.25) is 0 Å². The number of hydrogen-bond acceptors (Lipinski definition) is 3. The van der Waals surface area contributed by atoms with Crippen molar-refractivity contribution in [3.05, 3.63) is 29.6 Å². The number of ether oxygens (including phenoxy) is 1. The van der Waals surface area contributed by atoms with Gasteiger partial charge in [0.1, 0.15) is 0 Å². The lowest BCUT2D eigenvalue weighted by molar-refractivity contribution is -0.127. The molecule has 1 saturated heterocycles. The Morgan fingerprint density at radius 3 is 2.95 bits per heavy atom. The summed E-state index contributed by atoms with van der Waals surface area (Å²) >= 11 is 0. The van der Waals surface area contributed by atoms with Crippen LogP contribution in [-0.4, -0.2) is 43.5 Å². The maximum absolute atomic E-state index is 13.2.